The Bertz CT molecular complexity index is 1000. The highest BCUT2D eigenvalue weighted by Gasteiger charge is 2.10. The van der Waals surface area contributed by atoms with Crippen LogP contribution in [-0.2, 0) is 17.8 Å². The number of benzene rings is 3. The molecule has 0 spiro atoms. The summed E-state index contributed by atoms with van der Waals surface area (Å²) >= 11 is 0. The molecule has 0 radical (unpaired) electrons. The van der Waals surface area contributed by atoms with Gasteiger partial charge in [-0.3, -0.25) is 4.79 Å². The fourth-order valence-corrected chi connectivity index (χ4v) is 3.18. The zero-order valence-corrected chi connectivity index (χ0v) is 18.4. The molecule has 0 bridgehead atoms. The predicted octanol–water partition coefficient (Wildman–Crippen LogP) is 5.59. The molecule has 0 heterocycles. The Hall–Kier alpha value is -3.47. The second-order valence-electron chi connectivity index (χ2n) is 7.32. The summed E-state index contributed by atoms with van der Waals surface area (Å²) in [6.07, 6.45) is 1.03. The maximum atomic E-state index is 12.3. The summed E-state index contributed by atoms with van der Waals surface area (Å²) in [7, 11) is 0. The maximum absolute atomic E-state index is 12.3. The van der Waals surface area contributed by atoms with Gasteiger partial charge in [0.15, 0.2) is 18.1 Å². The van der Waals surface area contributed by atoms with E-state index in [2.05, 4.69) is 41.8 Å². The van der Waals surface area contributed by atoms with Gasteiger partial charge in [0.25, 0.3) is 5.91 Å². The summed E-state index contributed by atoms with van der Waals surface area (Å²) in [6, 6.07) is 21.9. The predicted molar refractivity (Wildman–Crippen MR) is 126 cm³/mol. The molecule has 2 N–H and O–H groups in total. The van der Waals surface area contributed by atoms with Crippen molar-refractivity contribution in [3.8, 4) is 11.5 Å². The summed E-state index contributed by atoms with van der Waals surface area (Å²) in [4.78, 5) is 12.3. The number of nitrogens with one attached hydrogen (secondary N) is 2. The molecular formula is C26H30N2O3. The van der Waals surface area contributed by atoms with Crippen LogP contribution in [0.3, 0.4) is 0 Å². The molecule has 3 aromatic carbocycles. The zero-order chi connectivity index (χ0) is 22.1. The van der Waals surface area contributed by atoms with Gasteiger partial charge in [-0.2, -0.15) is 0 Å². The van der Waals surface area contributed by atoms with Gasteiger partial charge < -0.3 is 20.1 Å². The van der Waals surface area contributed by atoms with Crippen molar-refractivity contribution in [3.63, 3.8) is 0 Å². The molecule has 31 heavy (non-hydrogen) atoms. The van der Waals surface area contributed by atoms with E-state index in [0.717, 1.165) is 28.9 Å². The van der Waals surface area contributed by atoms with Crippen LogP contribution in [0.4, 0.5) is 11.4 Å². The molecule has 162 valence electrons. The first-order valence-electron chi connectivity index (χ1n) is 10.6. The summed E-state index contributed by atoms with van der Waals surface area (Å²) in [5.74, 6) is 0.970. The van der Waals surface area contributed by atoms with E-state index < -0.39 is 0 Å². The van der Waals surface area contributed by atoms with Crippen molar-refractivity contribution in [3.05, 3.63) is 83.4 Å². The topological polar surface area (TPSA) is 59.6 Å². The molecule has 0 aliphatic rings. The lowest BCUT2D eigenvalue weighted by molar-refractivity contribution is -0.118. The van der Waals surface area contributed by atoms with Crippen molar-refractivity contribution in [1.29, 1.82) is 0 Å². The smallest absolute Gasteiger partial charge is 0.262 e. The molecular weight excluding hydrogens is 388 g/mol. The number of amides is 1. The second kappa shape index (κ2) is 11.1. The van der Waals surface area contributed by atoms with Crippen molar-refractivity contribution < 1.29 is 14.3 Å². The van der Waals surface area contributed by atoms with E-state index >= 15 is 0 Å². The van der Waals surface area contributed by atoms with Gasteiger partial charge in [-0.05, 0) is 73.4 Å². The normalized spacial score (nSPS) is 10.4. The summed E-state index contributed by atoms with van der Waals surface area (Å²) in [5.41, 5.74) is 5.30. The fourth-order valence-electron chi connectivity index (χ4n) is 3.18. The van der Waals surface area contributed by atoms with Gasteiger partial charge in [0.2, 0.25) is 0 Å². The molecule has 0 unspecified atom stereocenters. The Labute approximate surface area is 184 Å². The van der Waals surface area contributed by atoms with Crippen molar-refractivity contribution in [2.45, 2.75) is 33.7 Å². The highest BCUT2D eigenvalue weighted by atomic mass is 16.5. The van der Waals surface area contributed by atoms with Gasteiger partial charge in [-0.15, -0.1) is 0 Å². The molecule has 0 aliphatic heterocycles. The highest BCUT2D eigenvalue weighted by Crippen LogP contribution is 2.29. The fraction of sp³-hybridized carbons (Fsp3) is 0.269. The summed E-state index contributed by atoms with van der Waals surface area (Å²) in [5, 5.41) is 6.27. The number of carbonyl (C=O) groups excluding carboxylic acids is 1. The molecule has 1 amide bonds. The first-order chi connectivity index (χ1) is 15.1. The first kappa shape index (κ1) is 22.2. The highest BCUT2D eigenvalue weighted by molar-refractivity contribution is 5.92. The van der Waals surface area contributed by atoms with Crippen LogP contribution in [-0.4, -0.2) is 19.1 Å². The minimum absolute atomic E-state index is 0.0879. The number of aryl methyl sites for hydroxylation is 2. The van der Waals surface area contributed by atoms with Gasteiger partial charge in [-0.1, -0.05) is 37.3 Å². The molecule has 0 atom stereocenters. The Kier molecular flexibility index (Phi) is 7.93. The minimum Gasteiger partial charge on any atom is -0.490 e. The van der Waals surface area contributed by atoms with Crippen LogP contribution in [0.2, 0.25) is 0 Å². The van der Waals surface area contributed by atoms with Gasteiger partial charge in [0.05, 0.1) is 6.61 Å². The molecule has 3 rings (SSSR count). The van der Waals surface area contributed by atoms with E-state index in [1.165, 1.54) is 5.56 Å². The average molecular weight is 419 g/mol. The maximum Gasteiger partial charge on any atom is 0.262 e. The SMILES string of the molecule is CCOc1cc(CNc2ccc(CC)cc2)ccc1OCC(=O)Nc1cccc(C)c1. The van der Waals surface area contributed by atoms with Crippen LogP contribution in [0, 0.1) is 6.92 Å². The lowest BCUT2D eigenvalue weighted by Crippen LogP contribution is -2.20. The molecule has 0 saturated heterocycles. The summed E-state index contributed by atoms with van der Waals surface area (Å²) in [6.45, 7) is 7.15. The van der Waals surface area contributed by atoms with E-state index in [9.17, 15) is 4.79 Å². The zero-order valence-electron chi connectivity index (χ0n) is 18.4. The lowest BCUT2D eigenvalue weighted by atomic mass is 10.1. The Morgan fingerprint density at radius 3 is 2.32 bits per heavy atom. The van der Waals surface area contributed by atoms with Crippen LogP contribution in [0.5, 0.6) is 11.5 Å². The molecule has 0 fully saturated rings. The first-order valence-corrected chi connectivity index (χ1v) is 10.6. The molecule has 3 aromatic rings. The van der Waals surface area contributed by atoms with Crippen LogP contribution < -0.4 is 20.1 Å². The van der Waals surface area contributed by atoms with Crippen LogP contribution >= 0.6 is 0 Å². The van der Waals surface area contributed by atoms with Crippen molar-refractivity contribution in [2.75, 3.05) is 23.8 Å². The quantitative estimate of drug-likeness (QED) is 0.451. The van der Waals surface area contributed by atoms with Gasteiger partial charge >= 0.3 is 0 Å². The number of hydrogen-bond acceptors (Lipinski definition) is 4. The van der Waals surface area contributed by atoms with Crippen LogP contribution in [0.25, 0.3) is 0 Å². The molecule has 0 aromatic heterocycles. The number of carbonyl (C=O) groups is 1. The average Bonchev–Trinajstić information content (AvgIpc) is 2.77. The van der Waals surface area contributed by atoms with Gasteiger partial charge in [0, 0.05) is 17.9 Å². The Balaban J connectivity index is 1.59. The van der Waals surface area contributed by atoms with Gasteiger partial charge in [0.1, 0.15) is 0 Å². The van der Waals surface area contributed by atoms with E-state index in [1.54, 1.807) is 0 Å². The third kappa shape index (κ3) is 6.78. The Morgan fingerprint density at radius 2 is 1.61 bits per heavy atom. The second-order valence-corrected chi connectivity index (χ2v) is 7.32. The van der Waals surface area contributed by atoms with Gasteiger partial charge in [-0.25, -0.2) is 0 Å². The van der Waals surface area contributed by atoms with Crippen molar-refractivity contribution >= 4 is 17.3 Å². The van der Waals surface area contributed by atoms with E-state index in [4.69, 9.17) is 9.47 Å². The number of ether oxygens (including phenoxy) is 2. The third-order valence-corrected chi connectivity index (χ3v) is 4.83. The van der Waals surface area contributed by atoms with E-state index in [0.29, 0.717) is 24.7 Å². The Morgan fingerprint density at radius 1 is 0.839 bits per heavy atom. The molecule has 5 nitrogen and oxygen atoms in total. The number of anilines is 2. The largest absolute Gasteiger partial charge is 0.490 e. The molecule has 0 saturated carbocycles. The number of hydrogen-bond donors (Lipinski definition) is 2. The lowest BCUT2D eigenvalue weighted by Gasteiger charge is -2.14. The van der Waals surface area contributed by atoms with Crippen LogP contribution in [0.15, 0.2) is 66.7 Å². The summed E-state index contributed by atoms with van der Waals surface area (Å²) < 4.78 is 11.5. The number of rotatable bonds is 10. The monoisotopic (exact) mass is 418 g/mol. The molecule has 0 aliphatic carbocycles. The van der Waals surface area contributed by atoms with Crippen LogP contribution in [0.1, 0.15) is 30.5 Å². The third-order valence-electron chi connectivity index (χ3n) is 4.83. The minimum atomic E-state index is -0.214. The van der Waals surface area contributed by atoms with E-state index in [1.807, 2.05) is 56.3 Å². The van der Waals surface area contributed by atoms with Crippen molar-refractivity contribution in [1.82, 2.24) is 0 Å². The van der Waals surface area contributed by atoms with E-state index in [-0.39, 0.29) is 12.5 Å². The standard InChI is InChI=1S/C26H30N2O3/c1-4-20-9-12-22(13-10-20)27-17-21-11-14-24(25(16-21)30-5-2)31-18-26(29)28-23-8-6-7-19(3)15-23/h6-16,27H,4-5,17-18H2,1-3H3,(H,28,29). The molecule has 5 heteroatoms. The van der Waals surface area contributed by atoms with Crippen molar-refractivity contribution in [2.24, 2.45) is 0 Å².